The highest BCUT2D eigenvalue weighted by atomic mass is 15.3. The molecule has 16 nitrogen and oxygen atoms in total. The fourth-order valence-corrected chi connectivity index (χ4v) is 18.0. The molecule has 0 spiro atoms. The molecular formula is C95H56N16. The third-order valence-corrected chi connectivity index (χ3v) is 22.7. The lowest BCUT2D eigenvalue weighted by atomic mass is 10.0. The first-order chi connectivity index (χ1) is 55.1. The molecule has 111 heavy (non-hydrogen) atoms. The highest BCUT2D eigenvalue weighted by molar-refractivity contribution is 6.12. The first kappa shape index (κ1) is 59.7. The second kappa shape index (κ2) is 22.5. The second-order valence-electron chi connectivity index (χ2n) is 28.5. The number of rotatable bonds is 9. The average molecular weight is 1420 g/mol. The van der Waals surface area contributed by atoms with Gasteiger partial charge in [0.1, 0.15) is 23.3 Å². The number of hydrogen-bond acceptors (Lipinski definition) is 7. The van der Waals surface area contributed by atoms with Crippen molar-refractivity contribution in [2.75, 3.05) is 0 Å². The van der Waals surface area contributed by atoms with Crippen molar-refractivity contribution in [3.8, 4) is 68.5 Å². The first-order valence-corrected chi connectivity index (χ1v) is 37.2. The Morgan fingerprint density at radius 1 is 0.180 bits per heavy atom. The lowest BCUT2D eigenvalue weighted by molar-refractivity contribution is 0.977. The molecule has 0 radical (unpaired) electrons. The molecule has 16 heteroatoms. The van der Waals surface area contributed by atoms with E-state index in [9.17, 15) is 0 Å². The maximum absolute atomic E-state index is 5.81. The molecule has 0 unspecified atom stereocenters. The number of fused-ring (bicyclic) bond motifs is 24. The number of hydrogen-bond donors (Lipinski definition) is 0. The van der Waals surface area contributed by atoms with E-state index < -0.39 is 0 Å². The fraction of sp³-hybridized carbons (Fsp3) is 0. The molecule has 11 aromatic heterocycles. The minimum Gasteiger partial charge on any atom is -0.309 e. The highest BCUT2D eigenvalue weighted by Gasteiger charge is 2.29. The molecule has 0 amide bonds. The van der Waals surface area contributed by atoms with Gasteiger partial charge in [-0.25, -0.2) is 34.9 Å². The summed E-state index contributed by atoms with van der Waals surface area (Å²) in [5.41, 5.74) is 23.2. The molecule has 0 saturated carbocycles. The van der Waals surface area contributed by atoms with Gasteiger partial charge in [-0.15, -0.1) is 0 Å². The molecule has 0 aliphatic rings. The van der Waals surface area contributed by atoms with E-state index in [-0.39, 0.29) is 0 Å². The summed E-state index contributed by atoms with van der Waals surface area (Å²) < 4.78 is 20.4. The van der Waals surface area contributed by atoms with Gasteiger partial charge in [-0.1, -0.05) is 200 Å². The van der Waals surface area contributed by atoms with Crippen LogP contribution in [0.5, 0.6) is 0 Å². The van der Waals surface area contributed by atoms with Crippen LogP contribution in [0.25, 0.3) is 217 Å². The zero-order valence-electron chi connectivity index (χ0n) is 59.0. The number of aromatic nitrogens is 16. The molecule has 11 heterocycles. The third kappa shape index (κ3) is 8.32. The summed E-state index contributed by atoms with van der Waals surface area (Å²) >= 11 is 0. The summed E-state index contributed by atoms with van der Waals surface area (Å²) in [7, 11) is 0. The molecule has 14 aromatic carbocycles. The topological polar surface area (TPSA) is 133 Å². The Morgan fingerprint density at radius 3 is 0.964 bits per heavy atom. The van der Waals surface area contributed by atoms with Gasteiger partial charge in [0.25, 0.3) is 0 Å². The van der Waals surface area contributed by atoms with Gasteiger partial charge in [0, 0.05) is 61.1 Å². The van der Waals surface area contributed by atoms with E-state index >= 15 is 0 Å². The van der Waals surface area contributed by atoms with Crippen molar-refractivity contribution < 1.29 is 0 Å². The maximum atomic E-state index is 5.81. The summed E-state index contributed by atoms with van der Waals surface area (Å²) in [6.45, 7) is 0. The normalized spacial score (nSPS) is 12.3. The van der Waals surface area contributed by atoms with Crippen molar-refractivity contribution >= 4 is 149 Å². The first-order valence-electron chi connectivity index (χ1n) is 37.2. The molecule has 0 bridgehead atoms. The Balaban J connectivity index is 0.682. The van der Waals surface area contributed by atoms with E-state index in [0.29, 0.717) is 34.9 Å². The Morgan fingerprint density at radius 2 is 0.495 bits per heavy atom. The zero-order valence-corrected chi connectivity index (χ0v) is 59.0. The van der Waals surface area contributed by atoms with E-state index in [4.69, 9.17) is 34.9 Å². The van der Waals surface area contributed by atoms with Gasteiger partial charge in [0.2, 0.25) is 17.3 Å². The van der Waals surface area contributed by atoms with Crippen LogP contribution < -0.4 is 0 Å². The van der Waals surface area contributed by atoms with Gasteiger partial charge in [0.15, 0.2) is 11.6 Å². The Bertz CT molecular complexity index is 8170. The van der Waals surface area contributed by atoms with Crippen LogP contribution in [0.2, 0.25) is 0 Å². The lowest BCUT2D eigenvalue weighted by Crippen LogP contribution is -2.08. The van der Waals surface area contributed by atoms with Crippen LogP contribution in [-0.4, -0.2) is 75.5 Å². The van der Waals surface area contributed by atoms with E-state index in [1.807, 2.05) is 6.07 Å². The third-order valence-electron chi connectivity index (χ3n) is 22.7. The van der Waals surface area contributed by atoms with Gasteiger partial charge in [0.05, 0.1) is 111 Å². The van der Waals surface area contributed by atoms with Crippen LogP contribution in [0.3, 0.4) is 0 Å². The Kier molecular flexibility index (Phi) is 12.1. The smallest absolute Gasteiger partial charge is 0.221 e. The predicted molar refractivity (Wildman–Crippen MR) is 446 cm³/mol. The van der Waals surface area contributed by atoms with Crippen LogP contribution in [0.1, 0.15) is 0 Å². The van der Waals surface area contributed by atoms with Crippen LogP contribution in [0, 0.1) is 0 Å². The SMILES string of the molecule is c1ccc(-n2c3ccccc3c3ccccc32)c(-c2nc(-n3c4ccccc4c4ccccc43)cc(-n3c4ccccc4n4c5cc(-c6cccc7c6nc6n(-c8ccccc8-c8nc(-n9c%10ccccc%10c%10ccccc%109)cc(-n9c%10ccccc%10n%10c%11ccccc%11nc9%10)n8)c8ccccc8n76)ccc5nc34)n2)c1. The standard InChI is InChI=1S/C95H56N16/c1-10-36-69-59(26-1)60-27-2-11-37-70(60)103(69)75-42-16-7-32-65(75)91-98-86(104-71-38-12-3-28-61(71)62-29-4-13-39-72(62)104)56-89(100-91)111-83-50-24-22-48-81(83)109-85-54-57(52-53-68(85)97-94(109)111)58-34-25-51-84-90(58)102-95-106(78-45-19-20-46-79(78)108(84)95)76-43-17-8-33-66(76)92-99-87(105-73-40-14-5-30-63(73)64-31-6-15-41-74(64)105)55-88(101-92)110-82-49-23-21-47-80(82)107-77-44-18-9-35-67(77)96-93(107)110/h1-56H. The quantitative estimate of drug-likeness (QED) is 0.140. The van der Waals surface area contributed by atoms with Crippen molar-refractivity contribution in [2.45, 2.75) is 0 Å². The van der Waals surface area contributed by atoms with Gasteiger partial charge in [-0.3, -0.25) is 36.0 Å². The summed E-state index contributed by atoms with van der Waals surface area (Å²) in [4.78, 5) is 39.5. The second-order valence-corrected chi connectivity index (χ2v) is 28.5. The number of para-hydroxylation sites is 17. The van der Waals surface area contributed by atoms with Crippen LogP contribution in [0.15, 0.2) is 340 Å². The molecule has 0 aliphatic carbocycles. The summed E-state index contributed by atoms with van der Waals surface area (Å²) in [6.07, 6.45) is 0. The molecule has 0 saturated heterocycles. The van der Waals surface area contributed by atoms with Crippen molar-refractivity contribution in [1.29, 1.82) is 0 Å². The number of imidazole rings is 6. The van der Waals surface area contributed by atoms with E-state index in [1.165, 1.54) is 10.8 Å². The van der Waals surface area contributed by atoms with Crippen LogP contribution in [0.4, 0.5) is 0 Å². The zero-order chi connectivity index (χ0) is 72.3. The predicted octanol–water partition coefficient (Wildman–Crippen LogP) is 21.8. The van der Waals surface area contributed by atoms with Crippen molar-refractivity contribution in [3.05, 3.63) is 340 Å². The Labute approximate surface area is 629 Å². The molecule has 0 aliphatic heterocycles. The average Bonchev–Trinajstić information content (AvgIpc) is 1.58. The van der Waals surface area contributed by atoms with Crippen molar-refractivity contribution in [3.63, 3.8) is 0 Å². The molecule has 0 fully saturated rings. The summed E-state index contributed by atoms with van der Waals surface area (Å²) in [6, 6.07) is 120. The molecule has 0 N–H and O–H groups in total. The largest absolute Gasteiger partial charge is 0.309 e. The van der Waals surface area contributed by atoms with Crippen molar-refractivity contribution in [2.24, 2.45) is 0 Å². The Hall–Kier alpha value is -15.6. The number of nitrogens with zero attached hydrogens (tertiary/aromatic N) is 16. The minimum atomic E-state index is 0.533. The van der Waals surface area contributed by atoms with E-state index in [1.54, 1.807) is 0 Å². The van der Waals surface area contributed by atoms with Crippen molar-refractivity contribution in [1.82, 2.24) is 75.5 Å². The van der Waals surface area contributed by atoms with Gasteiger partial charge < -0.3 is 4.57 Å². The molecule has 516 valence electrons. The lowest BCUT2D eigenvalue weighted by Gasteiger charge is -2.16. The fourth-order valence-electron chi connectivity index (χ4n) is 18.0. The highest BCUT2D eigenvalue weighted by Crippen LogP contribution is 2.43. The summed E-state index contributed by atoms with van der Waals surface area (Å²) in [5, 5.41) is 6.90. The van der Waals surface area contributed by atoms with Gasteiger partial charge >= 0.3 is 0 Å². The van der Waals surface area contributed by atoms with Gasteiger partial charge in [-0.05, 0) is 133 Å². The van der Waals surface area contributed by atoms with E-state index in [0.717, 1.165) is 172 Å². The molecular weight excluding hydrogens is 1370 g/mol. The summed E-state index contributed by atoms with van der Waals surface area (Å²) in [5.74, 6) is 6.09. The number of benzene rings is 14. The van der Waals surface area contributed by atoms with Crippen LogP contribution >= 0.6 is 0 Å². The minimum absolute atomic E-state index is 0.533. The van der Waals surface area contributed by atoms with Gasteiger partial charge in [-0.2, -0.15) is 0 Å². The van der Waals surface area contributed by atoms with E-state index in [2.05, 4.69) is 374 Å². The monoisotopic (exact) mass is 1420 g/mol. The van der Waals surface area contributed by atoms with Crippen LogP contribution in [-0.2, 0) is 0 Å². The molecule has 25 rings (SSSR count). The molecule has 0 atom stereocenters. The molecule has 25 aromatic rings. The maximum Gasteiger partial charge on any atom is 0.221 e.